The summed E-state index contributed by atoms with van der Waals surface area (Å²) in [7, 11) is 0. The van der Waals surface area contributed by atoms with Crippen LogP contribution in [0.4, 0.5) is 0 Å². The van der Waals surface area contributed by atoms with E-state index in [1.165, 1.54) is 5.39 Å². The van der Waals surface area contributed by atoms with Gasteiger partial charge in [0.2, 0.25) is 5.91 Å². The van der Waals surface area contributed by atoms with Gasteiger partial charge in [0.15, 0.2) is 0 Å². The summed E-state index contributed by atoms with van der Waals surface area (Å²) in [6, 6.07) is 8.25. The van der Waals surface area contributed by atoms with E-state index in [1.54, 1.807) is 0 Å². The van der Waals surface area contributed by atoms with Gasteiger partial charge >= 0.3 is 0 Å². The summed E-state index contributed by atoms with van der Waals surface area (Å²) < 4.78 is 0. The molecular formula is C17H24N2O2. The largest absolute Gasteiger partial charge is 0.396 e. The highest BCUT2D eigenvalue weighted by atomic mass is 16.3. The maximum atomic E-state index is 12.1. The van der Waals surface area contributed by atoms with Crippen molar-refractivity contribution < 1.29 is 9.90 Å². The second-order valence-corrected chi connectivity index (χ2v) is 5.84. The second-order valence-electron chi connectivity index (χ2n) is 5.84. The number of amides is 1. The van der Waals surface area contributed by atoms with Crippen molar-refractivity contribution in [1.82, 2.24) is 10.3 Å². The lowest BCUT2D eigenvalue weighted by Crippen LogP contribution is -2.46. The number of aromatic nitrogens is 1. The Labute approximate surface area is 125 Å². The highest BCUT2D eigenvalue weighted by molar-refractivity contribution is 5.80. The summed E-state index contributed by atoms with van der Waals surface area (Å²) in [6.45, 7) is 4.09. The third-order valence-corrected chi connectivity index (χ3v) is 4.14. The number of fused-ring (bicyclic) bond motifs is 1. The number of nitrogens with one attached hydrogen (secondary N) is 2. The van der Waals surface area contributed by atoms with E-state index in [4.69, 9.17) is 5.11 Å². The molecule has 21 heavy (non-hydrogen) atoms. The van der Waals surface area contributed by atoms with Crippen LogP contribution in [-0.4, -0.2) is 28.1 Å². The lowest BCUT2D eigenvalue weighted by atomic mass is 9.94. The Bertz CT molecular complexity index is 606. The zero-order valence-electron chi connectivity index (χ0n) is 12.8. The Morgan fingerprint density at radius 1 is 1.38 bits per heavy atom. The van der Waals surface area contributed by atoms with Crippen molar-refractivity contribution >= 4 is 16.8 Å². The summed E-state index contributed by atoms with van der Waals surface area (Å²) in [5.74, 6) is 0.0435. The first-order valence-corrected chi connectivity index (χ1v) is 7.54. The molecule has 0 saturated carbocycles. The molecule has 0 aliphatic heterocycles. The maximum absolute atomic E-state index is 12.1. The molecule has 0 fully saturated rings. The molecule has 2 aromatic rings. The van der Waals surface area contributed by atoms with Crippen LogP contribution in [0, 0.1) is 0 Å². The number of aryl methyl sites for hydroxylation is 1. The number of carbonyl (C=O) groups is 1. The number of aliphatic hydroxyl groups excluding tert-OH is 1. The number of carbonyl (C=O) groups excluding carboxylic acids is 1. The molecule has 0 bridgehead atoms. The van der Waals surface area contributed by atoms with Crippen LogP contribution in [0.1, 0.15) is 38.7 Å². The fourth-order valence-corrected chi connectivity index (χ4v) is 2.49. The van der Waals surface area contributed by atoms with Gasteiger partial charge in [-0.1, -0.05) is 13.0 Å². The number of hydrogen-bond donors (Lipinski definition) is 3. The topological polar surface area (TPSA) is 65.1 Å². The van der Waals surface area contributed by atoms with Gasteiger partial charge in [0.25, 0.3) is 0 Å². The molecule has 4 nitrogen and oxygen atoms in total. The Morgan fingerprint density at radius 3 is 2.90 bits per heavy atom. The predicted octanol–water partition coefficient (Wildman–Crippen LogP) is 2.77. The van der Waals surface area contributed by atoms with Crippen molar-refractivity contribution in [2.24, 2.45) is 0 Å². The molecule has 114 valence electrons. The van der Waals surface area contributed by atoms with E-state index in [2.05, 4.69) is 22.4 Å². The molecule has 1 heterocycles. The molecular weight excluding hydrogens is 264 g/mol. The molecule has 3 N–H and O–H groups in total. The summed E-state index contributed by atoms with van der Waals surface area (Å²) in [6.07, 6.45) is 4.52. The Balaban J connectivity index is 1.91. The SMILES string of the molecule is CCC(C)(CCO)NC(=O)CCc1ccc2[nH]ccc2c1. The van der Waals surface area contributed by atoms with Gasteiger partial charge < -0.3 is 15.4 Å². The van der Waals surface area contributed by atoms with Crippen LogP contribution in [0.2, 0.25) is 0 Å². The Hall–Kier alpha value is -1.81. The van der Waals surface area contributed by atoms with Gasteiger partial charge in [-0.3, -0.25) is 4.79 Å². The molecule has 1 aromatic heterocycles. The van der Waals surface area contributed by atoms with Gasteiger partial charge in [-0.05, 0) is 55.3 Å². The lowest BCUT2D eigenvalue weighted by Gasteiger charge is -2.29. The molecule has 1 aromatic carbocycles. The molecule has 4 heteroatoms. The van der Waals surface area contributed by atoms with E-state index in [0.717, 1.165) is 23.9 Å². The van der Waals surface area contributed by atoms with E-state index >= 15 is 0 Å². The molecule has 0 spiro atoms. The first-order chi connectivity index (χ1) is 10.1. The standard InChI is InChI=1S/C17H24N2O2/c1-3-17(2,9-11-20)19-16(21)7-5-13-4-6-15-14(12-13)8-10-18-15/h4,6,8,10,12,18,20H,3,5,7,9,11H2,1-2H3,(H,19,21). The average molecular weight is 288 g/mol. The molecule has 1 atom stereocenters. The average Bonchev–Trinajstić information content (AvgIpc) is 2.93. The van der Waals surface area contributed by atoms with E-state index in [1.807, 2.05) is 32.2 Å². The highest BCUT2D eigenvalue weighted by Gasteiger charge is 2.23. The van der Waals surface area contributed by atoms with Crippen molar-refractivity contribution in [2.75, 3.05) is 6.61 Å². The monoisotopic (exact) mass is 288 g/mol. The summed E-state index contributed by atoms with van der Waals surface area (Å²) in [5, 5.41) is 13.3. The van der Waals surface area contributed by atoms with Gasteiger partial charge in [-0.2, -0.15) is 0 Å². The van der Waals surface area contributed by atoms with Gasteiger partial charge in [0.1, 0.15) is 0 Å². The third-order valence-electron chi connectivity index (χ3n) is 4.14. The third kappa shape index (κ3) is 4.08. The fraction of sp³-hybridized carbons (Fsp3) is 0.471. The van der Waals surface area contributed by atoms with Crippen LogP contribution in [0.3, 0.4) is 0 Å². The quantitative estimate of drug-likeness (QED) is 0.733. The molecule has 2 rings (SSSR count). The predicted molar refractivity (Wildman–Crippen MR) is 85.2 cm³/mol. The highest BCUT2D eigenvalue weighted by Crippen LogP contribution is 2.17. The first-order valence-electron chi connectivity index (χ1n) is 7.54. The minimum Gasteiger partial charge on any atom is -0.396 e. The van der Waals surface area contributed by atoms with Gasteiger partial charge in [0, 0.05) is 30.3 Å². The molecule has 0 radical (unpaired) electrons. The number of benzene rings is 1. The molecule has 1 unspecified atom stereocenters. The Morgan fingerprint density at radius 2 is 2.19 bits per heavy atom. The molecule has 0 aliphatic rings. The van der Waals surface area contributed by atoms with Crippen LogP contribution in [0.25, 0.3) is 10.9 Å². The van der Waals surface area contributed by atoms with Crippen molar-refractivity contribution in [1.29, 1.82) is 0 Å². The maximum Gasteiger partial charge on any atom is 0.220 e. The smallest absolute Gasteiger partial charge is 0.220 e. The van der Waals surface area contributed by atoms with Crippen molar-refractivity contribution in [3.8, 4) is 0 Å². The summed E-state index contributed by atoms with van der Waals surface area (Å²) in [4.78, 5) is 15.2. The second kappa shape index (κ2) is 6.76. The van der Waals surface area contributed by atoms with Crippen molar-refractivity contribution in [3.63, 3.8) is 0 Å². The van der Waals surface area contributed by atoms with E-state index in [-0.39, 0.29) is 18.1 Å². The van der Waals surface area contributed by atoms with Crippen molar-refractivity contribution in [3.05, 3.63) is 36.0 Å². The zero-order valence-corrected chi connectivity index (χ0v) is 12.8. The summed E-state index contributed by atoms with van der Waals surface area (Å²) >= 11 is 0. The lowest BCUT2D eigenvalue weighted by molar-refractivity contribution is -0.123. The van der Waals surface area contributed by atoms with E-state index < -0.39 is 0 Å². The normalized spacial score (nSPS) is 14.0. The fourth-order valence-electron chi connectivity index (χ4n) is 2.49. The number of aromatic amines is 1. The number of aliphatic hydroxyl groups is 1. The van der Waals surface area contributed by atoms with Crippen LogP contribution in [0.15, 0.2) is 30.5 Å². The summed E-state index contributed by atoms with van der Waals surface area (Å²) in [5.41, 5.74) is 1.97. The van der Waals surface area contributed by atoms with Gasteiger partial charge in [-0.25, -0.2) is 0 Å². The van der Waals surface area contributed by atoms with Crippen LogP contribution < -0.4 is 5.32 Å². The molecule has 1 amide bonds. The van der Waals surface area contributed by atoms with E-state index in [9.17, 15) is 4.79 Å². The number of hydrogen-bond acceptors (Lipinski definition) is 2. The molecule has 0 aliphatic carbocycles. The minimum absolute atomic E-state index is 0.0435. The van der Waals surface area contributed by atoms with Gasteiger partial charge in [-0.15, -0.1) is 0 Å². The van der Waals surface area contributed by atoms with Crippen LogP contribution >= 0.6 is 0 Å². The minimum atomic E-state index is -0.309. The van der Waals surface area contributed by atoms with Crippen LogP contribution in [-0.2, 0) is 11.2 Å². The first kappa shape index (κ1) is 15.6. The van der Waals surface area contributed by atoms with Gasteiger partial charge in [0.05, 0.1) is 0 Å². The van der Waals surface area contributed by atoms with Crippen LogP contribution in [0.5, 0.6) is 0 Å². The number of H-pyrrole nitrogens is 1. The number of rotatable bonds is 7. The van der Waals surface area contributed by atoms with E-state index in [0.29, 0.717) is 12.8 Å². The van der Waals surface area contributed by atoms with Crippen molar-refractivity contribution in [2.45, 2.75) is 45.1 Å². The Kier molecular flexibility index (Phi) is 5.02. The molecule has 0 saturated heterocycles. The zero-order chi connectivity index (χ0) is 15.3.